The van der Waals surface area contributed by atoms with E-state index in [1.807, 2.05) is 0 Å². The van der Waals surface area contributed by atoms with Crippen LogP contribution in [0.2, 0.25) is 0 Å². The van der Waals surface area contributed by atoms with Crippen molar-refractivity contribution in [3.8, 4) is 11.3 Å². The van der Waals surface area contributed by atoms with Crippen LogP contribution in [0.3, 0.4) is 0 Å². The highest BCUT2D eigenvalue weighted by atomic mass is 19.2. The first kappa shape index (κ1) is 30.3. The molecule has 1 aliphatic rings. The molecule has 0 aliphatic carbocycles. The predicted octanol–water partition coefficient (Wildman–Crippen LogP) is 3.49. The van der Waals surface area contributed by atoms with Crippen LogP contribution in [-0.2, 0) is 9.53 Å². The van der Waals surface area contributed by atoms with Crippen molar-refractivity contribution in [1.82, 2.24) is 30.0 Å². The summed E-state index contributed by atoms with van der Waals surface area (Å²) in [6.45, 7) is 5.56. The molecule has 4 heterocycles. The summed E-state index contributed by atoms with van der Waals surface area (Å²) in [6.07, 6.45) is 5.81. The molecule has 1 saturated heterocycles. The van der Waals surface area contributed by atoms with Crippen LogP contribution in [0.25, 0.3) is 16.9 Å². The Morgan fingerprint density at radius 1 is 1.07 bits per heavy atom. The van der Waals surface area contributed by atoms with Gasteiger partial charge in [-0.2, -0.15) is 0 Å². The highest BCUT2D eigenvalue weighted by molar-refractivity contribution is 6.12. The lowest BCUT2D eigenvalue weighted by atomic mass is 9.87. The maximum absolute atomic E-state index is 14.2. The van der Waals surface area contributed by atoms with Crippen LogP contribution in [-0.4, -0.2) is 68.4 Å². The molecule has 1 fully saturated rings. The number of hydrogen-bond acceptors (Lipinski definition) is 9. The third kappa shape index (κ3) is 5.87. The number of ether oxygens (including phenoxy) is 1. The van der Waals surface area contributed by atoms with Crippen LogP contribution in [0.5, 0.6) is 0 Å². The summed E-state index contributed by atoms with van der Waals surface area (Å²) >= 11 is 0. The summed E-state index contributed by atoms with van der Waals surface area (Å²) in [4.78, 5) is 54.8. The summed E-state index contributed by atoms with van der Waals surface area (Å²) in [5.74, 6) is -2.86. The number of ketones is 1. The van der Waals surface area contributed by atoms with Gasteiger partial charge in [0, 0.05) is 31.5 Å². The van der Waals surface area contributed by atoms with E-state index in [-0.39, 0.29) is 40.5 Å². The summed E-state index contributed by atoms with van der Waals surface area (Å²) in [6, 6.07) is 4.81. The highest BCUT2D eigenvalue weighted by Crippen LogP contribution is 2.33. The number of alkyl carbamates (subject to hydrolysis) is 1. The molecule has 5 rings (SSSR count). The molecule has 14 heteroatoms. The first-order chi connectivity index (χ1) is 20.8. The van der Waals surface area contributed by atoms with Crippen LogP contribution >= 0.6 is 0 Å². The number of piperidine rings is 1. The number of nitrogen functional groups attached to an aromatic ring is 1. The molecule has 0 spiro atoms. The monoisotopic (exact) mass is 606 g/mol. The number of fused-ring (bicyclic) bond motifs is 1. The molecule has 12 nitrogen and oxygen atoms in total. The van der Waals surface area contributed by atoms with Gasteiger partial charge in [-0.1, -0.05) is 0 Å². The molecule has 1 atom stereocenters. The second-order valence-electron chi connectivity index (χ2n) is 11.5. The minimum absolute atomic E-state index is 0.0115. The van der Waals surface area contributed by atoms with Crippen molar-refractivity contribution in [2.75, 3.05) is 30.8 Å². The fourth-order valence-electron chi connectivity index (χ4n) is 5.28. The number of benzene rings is 1. The number of amides is 2. The number of nitrogens with zero attached hydrogens (tertiary/aromatic N) is 5. The molecular weight excluding hydrogens is 574 g/mol. The topological polar surface area (TPSA) is 157 Å². The number of likely N-dealkylation sites (N-methyl/N-ethyl adjacent to an activating group) is 1. The molecule has 2 amide bonds. The molecule has 1 aliphatic heterocycles. The number of aromatic nitrogens is 4. The van der Waals surface area contributed by atoms with Crippen molar-refractivity contribution < 1.29 is 27.9 Å². The first-order valence-electron chi connectivity index (χ1n) is 13.9. The Kier molecular flexibility index (Phi) is 7.93. The molecule has 0 saturated carbocycles. The SMILES string of the molecule is CNC(=O)C1(NC(=O)OC(C)(C)C)CCCN(c2cnc(-c3ccc(F)c(F)c3)cc2C(=O)c2cnc3c(N)nccn23)C1. The molecule has 44 heavy (non-hydrogen) atoms. The van der Waals surface area contributed by atoms with Gasteiger partial charge in [0.1, 0.15) is 16.8 Å². The van der Waals surface area contributed by atoms with Gasteiger partial charge in [0.25, 0.3) is 0 Å². The summed E-state index contributed by atoms with van der Waals surface area (Å²) in [5.41, 5.74) is 5.20. The van der Waals surface area contributed by atoms with Crippen LogP contribution < -0.4 is 21.3 Å². The Morgan fingerprint density at radius 3 is 2.55 bits per heavy atom. The Labute approximate surface area is 251 Å². The maximum Gasteiger partial charge on any atom is 0.408 e. The number of carbonyl (C=O) groups is 3. The molecule has 1 unspecified atom stereocenters. The van der Waals surface area contributed by atoms with Gasteiger partial charge < -0.3 is 26.0 Å². The fourth-order valence-corrected chi connectivity index (χ4v) is 5.28. The van der Waals surface area contributed by atoms with Crippen molar-refractivity contribution in [3.05, 3.63) is 71.9 Å². The number of nitrogens with one attached hydrogen (secondary N) is 2. The zero-order valence-corrected chi connectivity index (χ0v) is 24.6. The number of hydrogen-bond donors (Lipinski definition) is 3. The van der Waals surface area contributed by atoms with E-state index in [1.54, 1.807) is 31.9 Å². The minimum Gasteiger partial charge on any atom is -0.444 e. The predicted molar refractivity (Wildman–Crippen MR) is 158 cm³/mol. The van der Waals surface area contributed by atoms with E-state index in [1.165, 1.54) is 42.2 Å². The lowest BCUT2D eigenvalue weighted by Gasteiger charge is -2.43. The van der Waals surface area contributed by atoms with E-state index >= 15 is 0 Å². The second-order valence-corrected chi connectivity index (χ2v) is 11.5. The maximum atomic E-state index is 14.2. The summed E-state index contributed by atoms with van der Waals surface area (Å²) in [7, 11) is 1.47. The number of nitrogens with two attached hydrogens (primary N) is 1. The average Bonchev–Trinajstić information content (AvgIpc) is 3.42. The van der Waals surface area contributed by atoms with Crippen molar-refractivity contribution in [2.45, 2.75) is 44.8 Å². The number of halogens is 2. The fraction of sp³-hybridized carbons (Fsp3) is 0.333. The zero-order chi connectivity index (χ0) is 31.8. The lowest BCUT2D eigenvalue weighted by molar-refractivity contribution is -0.127. The van der Waals surface area contributed by atoms with E-state index in [4.69, 9.17) is 10.5 Å². The molecule has 3 aromatic heterocycles. The Hall–Kier alpha value is -5.14. The smallest absolute Gasteiger partial charge is 0.408 e. The van der Waals surface area contributed by atoms with Crippen LogP contribution in [0.15, 0.2) is 49.1 Å². The van der Waals surface area contributed by atoms with Gasteiger partial charge in [0.15, 0.2) is 23.1 Å². The van der Waals surface area contributed by atoms with E-state index in [0.717, 1.165) is 12.1 Å². The lowest BCUT2D eigenvalue weighted by Crippen LogP contribution is -2.66. The average molecular weight is 607 g/mol. The standard InChI is InChI=1S/C30H32F2N8O4/c1-29(2,3)44-28(43)38-30(27(42)34-4)8-5-10-39(16-30)22-14-36-21(17-6-7-19(31)20(32)12-17)13-18(22)24(41)23-15-37-26-25(33)35-9-11-40(23)26/h6-7,9,11-15H,5,8,10,16H2,1-4H3,(H2,33,35)(H,34,42)(H,38,43). The minimum atomic E-state index is -1.39. The second kappa shape index (κ2) is 11.5. The van der Waals surface area contributed by atoms with Crippen molar-refractivity contribution in [2.24, 2.45) is 0 Å². The van der Waals surface area contributed by atoms with Crippen molar-refractivity contribution >= 4 is 34.9 Å². The molecule has 4 aromatic rings. The first-order valence-corrected chi connectivity index (χ1v) is 13.9. The van der Waals surface area contributed by atoms with Gasteiger partial charge in [-0.25, -0.2) is 23.5 Å². The molecule has 0 bridgehead atoms. The normalized spacial score (nSPS) is 16.9. The van der Waals surface area contributed by atoms with Gasteiger partial charge in [-0.05, 0) is 57.9 Å². The Balaban J connectivity index is 1.61. The molecule has 0 radical (unpaired) electrons. The van der Waals surface area contributed by atoms with E-state index in [0.29, 0.717) is 25.1 Å². The van der Waals surface area contributed by atoms with E-state index in [2.05, 4.69) is 25.6 Å². The number of anilines is 2. The van der Waals surface area contributed by atoms with Gasteiger partial charge in [0.05, 0.1) is 35.9 Å². The largest absolute Gasteiger partial charge is 0.444 e. The number of carbonyl (C=O) groups excluding carboxylic acids is 3. The summed E-state index contributed by atoms with van der Waals surface area (Å²) in [5, 5.41) is 5.39. The van der Waals surface area contributed by atoms with Gasteiger partial charge in [-0.15, -0.1) is 0 Å². The molecule has 230 valence electrons. The van der Waals surface area contributed by atoms with Gasteiger partial charge in [0.2, 0.25) is 11.7 Å². The van der Waals surface area contributed by atoms with Crippen LogP contribution in [0.1, 0.15) is 49.7 Å². The quantitative estimate of drug-likeness (QED) is 0.280. The highest BCUT2D eigenvalue weighted by Gasteiger charge is 2.45. The van der Waals surface area contributed by atoms with Crippen LogP contribution in [0, 0.1) is 11.6 Å². The van der Waals surface area contributed by atoms with Crippen molar-refractivity contribution in [3.63, 3.8) is 0 Å². The zero-order valence-electron chi connectivity index (χ0n) is 24.6. The molecule has 4 N–H and O–H groups in total. The van der Waals surface area contributed by atoms with Crippen molar-refractivity contribution in [1.29, 1.82) is 0 Å². The van der Waals surface area contributed by atoms with E-state index < -0.39 is 40.6 Å². The third-order valence-corrected chi connectivity index (χ3v) is 7.27. The van der Waals surface area contributed by atoms with Gasteiger partial charge in [-0.3, -0.25) is 19.0 Å². The van der Waals surface area contributed by atoms with Crippen LogP contribution in [0.4, 0.5) is 25.1 Å². The number of imidazole rings is 1. The third-order valence-electron chi connectivity index (χ3n) is 7.27. The van der Waals surface area contributed by atoms with E-state index in [9.17, 15) is 23.2 Å². The Morgan fingerprint density at radius 2 is 1.84 bits per heavy atom. The molecule has 1 aromatic carbocycles. The molecular formula is C30H32F2N8O4. The van der Waals surface area contributed by atoms with Gasteiger partial charge >= 0.3 is 6.09 Å². The number of rotatable bonds is 6. The summed E-state index contributed by atoms with van der Waals surface area (Å²) < 4.78 is 34.8. The number of pyridine rings is 1. The Bertz CT molecular complexity index is 1770.